The molecule has 1 aromatic rings. The van der Waals surface area contributed by atoms with Gasteiger partial charge in [-0.25, -0.2) is 0 Å². The summed E-state index contributed by atoms with van der Waals surface area (Å²) in [6.07, 6.45) is -0.508. The minimum atomic E-state index is -1.72. The third kappa shape index (κ3) is 6.31. The zero-order valence-electron chi connectivity index (χ0n) is 9.29. The highest BCUT2D eigenvalue weighted by atomic mass is 127. The number of hydrogen-bond donors (Lipinski definition) is 3. The highest BCUT2D eigenvalue weighted by Gasteiger charge is 2.32. The van der Waals surface area contributed by atoms with Crippen molar-refractivity contribution in [3.05, 3.63) is 27.8 Å². The summed E-state index contributed by atoms with van der Waals surface area (Å²) in [5.41, 5.74) is 0.784. The van der Waals surface area contributed by atoms with Gasteiger partial charge < -0.3 is 16.0 Å². The molecule has 0 fully saturated rings. The maximum Gasteiger partial charge on any atom is 0.228 e. The summed E-state index contributed by atoms with van der Waals surface area (Å²) in [7, 11) is 0. The van der Waals surface area contributed by atoms with Crippen LogP contribution >= 0.6 is 69.6 Å². The Hall–Kier alpha value is -0.0200. The molecule has 1 atom stereocenters. The van der Waals surface area contributed by atoms with Gasteiger partial charge in [0, 0.05) is 9.26 Å². The molecule has 19 heavy (non-hydrogen) atoms. The molecule has 0 spiro atoms. The van der Waals surface area contributed by atoms with Crippen LogP contribution in [0.2, 0.25) is 0 Å². The first-order valence-corrected chi connectivity index (χ1v) is 7.54. The molecule has 1 amide bonds. The van der Waals surface area contributed by atoms with Gasteiger partial charge in [-0.2, -0.15) is 0 Å². The standard InChI is InChI=1S/C10H9Cl3IN3OS/c11-10(12,13)8(15-5-18)17-9(19)16-7-3-1-6(14)2-4-7/h1-5,8H,(H,15,18)(H2,16,17,19)/t8-/m0/s1. The molecule has 0 aliphatic heterocycles. The second-order valence-corrected chi connectivity index (χ2v) is 7.39. The number of amides is 1. The van der Waals surface area contributed by atoms with E-state index >= 15 is 0 Å². The first kappa shape index (κ1) is 17.0. The van der Waals surface area contributed by atoms with Crippen LogP contribution in [0.4, 0.5) is 5.69 Å². The van der Waals surface area contributed by atoms with Gasteiger partial charge in [-0.05, 0) is 59.1 Å². The van der Waals surface area contributed by atoms with Crippen molar-refractivity contribution in [2.24, 2.45) is 0 Å². The van der Waals surface area contributed by atoms with Gasteiger partial charge in [0.15, 0.2) is 5.11 Å². The number of carbonyl (C=O) groups excluding carboxylic acids is 1. The maximum absolute atomic E-state index is 10.4. The van der Waals surface area contributed by atoms with Crippen LogP contribution in [0.1, 0.15) is 0 Å². The van der Waals surface area contributed by atoms with Crippen LogP contribution in [0, 0.1) is 3.57 Å². The summed E-state index contributed by atoms with van der Waals surface area (Å²) < 4.78 is -0.623. The molecule has 0 bridgehead atoms. The van der Waals surface area contributed by atoms with Gasteiger partial charge in [-0.3, -0.25) is 4.79 Å². The molecule has 0 saturated heterocycles. The lowest BCUT2D eigenvalue weighted by Crippen LogP contribution is -2.53. The van der Waals surface area contributed by atoms with Crippen molar-refractivity contribution in [3.63, 3.8) is 0 Å². The highest BCUT2D eigenvalue weighted by Crippen LogP contribution is 2.28. The number of benzene rings is 1. The molecule has 104 valence electrons. The number of hydrogen-bond acceptors (Lipinski definition) is 2. The van der Waals surface area contributed by atoms with Gasteiger partial charge in [0.2, 0.25) is 10.2 Å². The van der Waals surface area contributed by atoms with Crippen molar-refractivity contribution in [1.29, 1.82) is 0 Å². The van der Waals surface area contributed by atoms with E-state index in [1.54, 1.807) is 0 Å². The summed E-state index contributed by atoms with van der Waals surface area (Å²) in [6, 6.07) is 7.55. The van der Waals surface area contributed by atoms with E-state index in [4.69, 9.17) is 47.0 Å². The summed E-state index contributed by atoms with van der Waals surface area (Å²) >= 11 is 24.4. The van der Waals surface area contributed by atoms with Gasteiger partial charge in [0.05, 0.1) is 0 Å². The second kappa shape index (κ2) is 7.68. The lowest BCUT2D eigenvalue weighted by molar-refractivity contribution is -0.110. The van der Waals surface area contributed by atoms with Crippen molar-refractivity contribution < 1.29 is 4.79 Å². The zero-order chi connectivity index (χ0) is 14.5. The number of anilines is 1. The molecule has 0 aliphatic carbocycles. The molecule has 4 nitrogen and oxygen atoms in total. The number of alkyl halides is 3. The van der Waals surface area contributed by atoms with Gasteiger partial charge >= 0.3 is 0 Å². The van der Waals surface area contributed by atoms with Gasteiger partial charge in [0.1, 0.15) is 6.17 Å². The Balaban J connectivity index is 2.62. The fourth-order valence-electron chi connectivity index (χ4n) is 1.12. The smallest absolute Gasteiger partial charge is 0.228 e. The Morgan fingerprint density at radius 2 is 1.89 bits per heavy atom. The lowest BCUT2D eigenvalue weighted by Gasteiger charge is -2.26. The number of nitrogens with one attached hydrogen (secondary N) is 3. The lowest BCUT2D eigenvalue weighted by atomic mass is 10.3. The van der Waals surface area contributed by atoms with Crippen molar-refractivity contribution >= 4 is 86.8 Å². The maximum atomic E-state index is 10.4. The third-order valence-electron chi connectivity index (χ3n) is 1.94. The van der Waals surface area contributed by atoms with E-state index < -0.39 is 9.96 Å². The summed E-state index contributed by atoms with van der Waals surface area (Å²) in [5.74, 6) is 0. The minimum absolute atomic E-state index is 0.229. The van der Waals surface area contributed by atoms with E-state index in [2.05, 4.69) is 38.5 Å². The van der Waals surface area contributed by atoms with Gasteiger partial charge in [-0.15, -0.1) is 0 Å². The van der Waals surface area contributed by atoms with Crippen molar-refractivity contribution in [2.45, 2.75) is 9.96 Å². The fourth-order valence-corrected chi connectivity index (χ4v) is 2.07. The number of thiocarbonyl (C=S) groups is 1. The molecule has 3 N–H and O–H groups in total. The molecule has 0 aliphatic rings. The van der Waals surface area contributed by atoms with Crippen LogP contribution in [0.3, 0.4) is 0 Å². The van der Waals surface area contributed by atoms with Crippen molar-refractivity contribution in [3.8, 4) is 0 Å². The van der Waals surface area contributed by atoms with E-state index in [1.165, 1.54) is 0 Å². The van der Waals surface area contributed by atoms with E-state index in [9.17, 15) is 4.79 Å². The quantitative estimate of drug-likeness (QED) is 0.216. The SMILES string of the molecule is O=CN[C@@H](NC(=S)Nc1ccc(I)cc1)C(Cl)(Cl)Cl. The average Bonchev–Trinajstić information content (AvgIpc) is 2.30. The molecular formula is C10H9Cl3IN3OS. The topological polar surface area (TPSA) is 53.2 Å². The highest BCUT2D eigenvalue weighted by molar-refractivity contribution is 14.1. The van der Waals surface area contributed by atoms with Crippen LogP contribution < -0.4 is 16.0 Å². The number of rotatable bonds is 4. The predicted octanol–water partition coefficient (Wildman–Crippen LogP) is 3.02. The molecule has 0 aromatic heterocycles. The summed E-state index contributed by atoms with van der Waals surface area (Å²) in [6.45, 7) is 0. The normalized spacial score (nSPS) is 12.4. The van der Waals surface area contributed by atoms with Crippen LogP contribution in [0.15, 0.2) is 24.3 Å². The Kier molecular flexibility index (Phi) is 6.89. The number of carbonyl (C=O) groups is 1. The van der Waals surface area contributed by atoms with Crippen LogP contribution in [-0.4, -0.2) is 21.5 Å². The molecule has 1 aromatic carbocycles. The van der Waals surface area contributed by atoms with Crippen molar-refractivity contribution in [1.82, 2.24) is 10.6 Å². The van der Waals surface area contributed by atoms with E-state index in [0.717, 1.165) is 9.26 Å². The fraction of sp³-hybridized carbons (Fsp3) is 0.200. The average molecular weight is 453 g/mol. The van der Waals surface area contributed by atoms with Crippen LogP contribution in [0.25, 0.3) is 0 Å². The molecule has 0 unspecified atom stereocenters. The van der Waals surface area contributed by atoms with E-state index in [0.29, 0.717) is 6.41 Å². The molecular weight excluding hydrogens is 443 g/mol. The third-order valence-corrected chi connectivity index (χ3v) is 3.53. The largest absolute Gasteiger partial charge is 0.339 e. The van der Waals surface area contributed by atoms with Crippen LogP contribution in [-0.2, 0) is 4.79 Å². The van der Waals surface area contributed by atoms with E-state index in [1.807, 2.05) is 24.3 Å². The Bertz CT molecular complexity index is 452. The second-order valence-electron chi connectivity index (χ2n) is 3.36. The molecule has 1 rings (SSSR count). The van der Waals surface area contributed by atoms with Gasteiger partial charge in [-0.1, -0.05) is 34.8 Å². The van der Waals surface area contributed by atoms with Crippen LogP contribution in [0.5, 0.6) is 0 Å². The summed E-state index contributed by atoms with van der Waals surface area (Å²) in [5, 5.41) is 8.18. The number of halogens is 4. The first-order valence-electron chi connectivity index (χ1n) is 4.92. The zero-order valence-corrected chi connectivity index (χ0v) is 14.5. The first-order chi connectivity index (χ1) is 8.82. The molecule has 0 saturated carbocycles. The minimum Gasteiger partial charge on any atom is -0.339 e. The van der Waals surface area contributed by atoms with Gasteiger partial charge in [0.25, 0.3) is 0 Å². The summed E-state index contributed by atoms with van der Waals surface area (Å²) in [4.78, 5) is 10.4. The van der Waals surface area contributed by atoms with Crippen molar-refractivity contribution in [2.75, 3.05) is 5.32 Å². The molecule has 0 heterocycles. The monoisotopic (exact) mass is 451 g/mol. The Morgan fingerprint density at radius 1 is 1.32 bits per heavy atom. The molecule has 0 radical (unpaired) electrons. The Morgan fingerprint density at radius 3 is 2.37 bits per heavy atom. The predicted molar refractivity (Wildman–Crippen MR) is 91.8 cm³/mol. The Labute approximate surface area is 144 Å². The molecule has 9 heteroatoms. The van der Waals surface area contributed by atoms with E-state index in [-0.39, 0.29) is 5.11 Å².